The number of thiophene rings is 1. The number of amides is 1. The minimum Gasteiger partial charge on any atom is -0.351 e. The summed E-state index contributed by atoms with van der Waals surface area (Å²) in [6, 6.07) is 9.57. The summed E-state index contributed by atoms with van der Waals surface area (Å²) < 4.78 is 1.01. The molecule has 1 N–H and O–H groups in total. The van der Waals surface area contributed by atoms with Gasteiger partial charge >= 0.3 is 0 Å². The highest BCUT2D eigenvalue weighted by molar-refractivity contribution is 9.11. The Morgan fingerprint density at radius 1 is 1.42 bits per heavy atom. The summed E-state index contributed by atoms with van der Waals surface area (Å²) in [5.41, 5.74) is 2.21. The average molecular weight is 359 g/mol. The molecule has 0 unspecified atom stereocenters. The zero-order chi connectivity index (χ0) is 13.8. The highest BCUT2D eigenvalue weighted by atomic mass is 79.9. The summed E-state index contributed by atoms with van der Waals surface area (Å²) in [6.07, 6.45) is 0.776. The van der Waals surface area contributed by atoms with Gasteiger partial charge in [0, 0.05) is 11.6 Å². The number of hydrogen-bond donors (Lipinski definition) is 1. The first-order valence-corrected chi connectivity index (χ1v) is 7.83. The molecule has 19 heavy (non-hydrogen) atoms. The number of hydrogen-bond acceptors (Lipinski definition) is 2. The van der Waals surface area contributed by atoms with E-state index in [1.807, 2.05) is 37.3 Å². The first-order valence-electron chi connectivity index (χ1n) is 5.85. The number of carbonyl (C=O) groups excluding carboxylic acids is 1. The molecule has 5 heteroatoms. The van der Waals surface area contributed by atoms with E-state index in [1.165, 1.54) is 11.3 Å². The molecule has 0 aliphatic rings. The van der Waals surface area contributed by atoms with Crippen molar-refractivity contribution in [3.8, 4) is 0 Å². The number of aryl methyl sites for hydroxylation is 1. The van der Waals surface area contributed by atoms with Crippen molar-refractivity contribution in [3.63, 3.8) is 0 Å². The highest BCUT2D eigenvalue weighted by Gasteiger charge is 2.10. The number of nitrogens with one attached hydrogen (secondary N) is 1. The van der Waals surface area contributed by atoms with E-state index in [9.17, 15) is 4.79 Å². The van der Waals surface area contributed by atoms with E-state index < -0.39 is 0 Å². The summed E-state index contributed by atoms with van der Waals surface area (Å²) >= 11 is 10.8. The van der Waals surface area contributed by atoms with Gasteiger partial charge in [-0.3, -0.25) is 4.79 Å². The van der Waals surface area contributed by atoms with Crippen LogP contribution in [0.5, 0.6) is 0 Å². The average Bonchev–Trinajstić information content (AvgIpc) is 2.70. The minimum absolute atomic E-state index is 0.0270. The lowest BCUT2D eigenvalue weighted by Crippen LogP contribution is -2.24. The lowest BCUT2D eigenvalue weighted by Gasteiger charge is -2.04. The SMILES string of the molecule is Cc1cc(C(=O)NCCc2cccc(Cl)c2)sc1Br. The normalized spacial score (nSPS) is 10.5. The molecule has 0 radical (unpaired) electrons. The Balaban J connectivity index is 1.87. The molecule has 1 aromatic carbocycles. The Hall–Kier alpha value is -0.840. The van der Waals surface area contributed by atoms with Crippen molar-refractivity contribution in [3.05, 3.63) is 55.1 Å². The van der Waals surface area contributed by atoms with Crippen LogP contribution >= 0.6 is 38.9 Å². The fraction of sp³-hybridized carbons (Fsp3) is 0.214. The molecule has 0 atom stereocenters. The van der Waals surface area contributed by atoms with Gasteiger partial charge in [-0.15, -0.1) is 11.3 Å². The highest BCUT2D eigenvalue weighted by Crippen LogP contribution is 2.27. The predicted molar refractivity (Wildman–Crippen MR) is 84.2 cm³/mol. The second kappa shape index (κ2) is 6.55. The first kappa shape index (κ1) is 14.6. The fourth-order valence-corrected chi connectivity index (χ4v) is 3.34. The summed E-state index contributed by atoms with van der Waals surface area (Å²) in [5, 5.41) is 3.64. The van der Waals surface area contributed by atoms with Gasteiger partial charge in [0.05, 0.1) is 8.66 Å². The van der Waals surface area contributed by atoms with Crippen LogP contribution in [0.15, 0.2) is 34.1 Å². The molecule has 0 saturated carbocycles. The molecule has 2 nitrogen and oxygen atoms in total. The van der Waals surface area contributed by atoms with Crippen LogP contribution in [-0.4, -0.2) is 12.5 Å². The lowest BCUT2D eigenvalue weighted by molar-refractivity contribution is 0.0958. The van der Waals surface area contributed by atoms with Crippen LogP contribution in [-0.2, 0) is 6.42 Å². The monoisotopic (exact) mass is 357 g/mol. The maximum atomic E-state index is 11.9. The van der Waals surface area contributed by atoms with Crippen molar-refractivity contribution in [2.75, 3.05) is 6.54 Å². The summed E-state index contributed by atoms with van der Waals surface area (Å²) in [5.74, 6) is -0.0270. The first-order chi connectivity index (χ1) is 9.06. The minimum atomic E-state index is -0.0270. The van der Waals surface area contributed by atoms with E-state index in [0.717, 1.165) is 31.2 Å². The van der Waals surface area contributed by atoms with E-state index in [0.29, 0.717) is 6.54 Å². The van der Waals surface area contributed by atoms with Crippen molar-refractivity contribution < 1.29 is 4.79 Å². The largest absolute Gasteiger partial charge is 0.351 e. The van der Waals surface area contributed by atoms with Gasteiger partial charge in [0.15, 0.2) is 0 Å². The molecule has 0 aliphatic heterocycles. The van der Waals surface area contributed by atoms with Crippen LogP contribution in [0.4, 0.5) is 0 Å². The van der Waals surface area contributed by atoms with Gasteiger partial charge in [0.25, 0.3) is 5.91 Å². The molecule has 0 fully saturated rings. The van der Waals surface area contributed by atoms with Crippen molar-refractivity contribution >= 4 is 44.8 Å². The molecular weight excluding hydrogens is 346 g/mol. The van der Waals surface area contributed by atoms with Crippen molar-refractivity contribution in [2.45, 2.75) is 13.3 Å². The molecule has 1 heterocycles. The van der Waals surface area contributed by atoms with Crippen LogP contribution in [0, 0.1) is 6.92 Å². The zero-order valence-corrected chi connectivity index (χ0v) is 13.5. The van der Waals surface area contributed by atoms with Gasteiger partial charge in [-0.1, -0.05) is 23.7 Å². The Kier molecular flexibility index (Phi) is 5.02. The molecule has 0 bridgehead atoms. The van der Waals surface area contributed by atoms with Crippen molar-refractivity contribution in [1.29, 1.82) is 0 Å². The number of carbonyl (C=O) groups is 1. The van der Waals surface area contributed by atoms with Crippen LogP contribution in [0.2, 0.25) is 5.02 Å². The molecule has 1 aromatic heterocycles. The Labute approximate surface area is 129 Å². The van der Waals surface area contributed by atoms with Crippen LogP contribution in [0.3, 0.4) is 0 Å². The zero-order valence-electron chi connectivity index (χ0n) is 10.4. The molecule has 0 spiro atoms. The van der Waals surface area contributed by atoms with Crippen molar-refractivity contribution in [2.24, 2.45) is 0 Å². The van der Waals surface area contributed by atoms with Gasteiger partial charge in [-0.25, -0.2) is 0 Å². The predicted octanol–water partition coefficient (Wildman–Crippen LogP) is 4.44. The second-order valence-corrected chi connectivity index (χ2v) is 7.01. The number of halogens is 2. The summed E-state index contributed by atoms with van der Waals surface area (Å²) in [7, 11) is 0. The van der Waals surface area contributed by atoms with Crippen LogP contribution < -0.4 is 5.32 Å². The Bertz CT molecular complexity index is 577. The fourth-order valence-electron chi connectivity index (χ4n) is 1.67. The Morgan fingerprint density at radius 3 is 2.84 bits per heavy atom. The molecule has 2 aromatic rings. The van der Waals surface area contributed by atoms with Crippen LogP contribution in [0.1, 0.15) is 20.8 Å². The smallest absolute Gasteiger partial charge is 0.261 e. The lowest BCUT2D eigenvalue weighted by atomic mass is 10.1. The molecule has 1 amide bonds. The number of benzene rings is 1. The van der Waals surface area contributed by atoms with Gasteiger partial charge in [-0.2, -0.15) is 0 Å². The molecule has 2 rings (SSSR count). The quantitative estimate of drug-likeness (QED) is 0.860. The molecule has 0 saturated heterocycles. The molecule has 100 valence electrons. The Morgan fingerprint density at radius 2 is 2.21 bits per heavy atom. The van der Waals surface area contributed by atoms with Gasteiger partial charge in [-0.05, 0) is 58.6 Å². The molecule has 0 aliphatic carbocycles. The number of rotatable bonds is 4. The second-order valence-electron chi connectivity index (χ2n) is 4.20. The third kappa shape index (κ3) is 4.06. The van der Waals surface area contributed by atoms with Gasteiger partial charge < -0.3 is 5.32 Å². The van der Waals surface area contributed by atoms with Crippen molar-refractivity contribution in [1.82, 2.24) is 5.32 Å². The van der Waals surface area contributed by atoms with Gasteiger partial charge in [0.1, 0.15) is 0 Å². The molecular formula is C14H13BrClNOS. The van der Waals surface area contributed by atoms with E-state index in [2.05, 4.69) is 21.2 Å². The van der Waals surface area contributed by atoms with E-state index >= 15 is 0 Å². The van der Waals surface area contributed by atoms with Gasteiger partial charge in [0.2, 0.25) is 0 Å². The standard InChI is InChI=1S/C14H13BrClNOS/c1-9-7-12(19-13(9)15)14(18)17-6-5-10-3-2-4-11(16)8-10/h2-4,7-8H,5-6H2,1H3,(H,17,18). The summed E-state index contributed by atoms with van der Waals surface area (Å²) in [6.45, 7) is 2.58. The van der Waals surface area contributed by atoms with E-state index in [-0.39, 0.29) is 5.91 Å². The third-order valence-electron chi connectivity index (χ3n) is 2.67. The maximum absolute atomic E-state index is 11.9. The van der Waals surface area contributed by atoms with E-state index in [1.54, 1.807) is 0 Å². The third-order valence-corrected chi connectivity index (χ3v) is 5.04. The van der Waals surface area contributed by atoms with E-state index in [4.69, 9.17) is 11.6 Å². The van der Waals surface area contributed by atoms with Crippen LogP contribution in [0.25, 0.3) is 0 Å². The topological polar surface area (TPSA) is 29.1 Å². The maximum Gasteiger partial charge on any atom is 0.261 e. The summed E-state index contributed by atoms with van der Waals surface area (Å²) in [4.78, 5) is 12.7.